The number of sulfonamides is 1. The van der Waals surface area contributed by atoms with Crippen molar-refractivity contribution in [2.45, 2.75) is 6.36 Å². The van der Waals surface area contributed by atoms with Gasteiger partial charge in [0.1, 0.15) is 11.5 Å². The van der Waals surface area contributed by atoms with Crippen LogP contribution in [0.4, 0.5) is 24.5 Å². The van der Waals surface area contributed by atoms with Gasteiger partial charge in [0.2, 0.25) is 10.0 Å². The maximum absolute atomic E-state index is 13.0. The van der Waals surface area contributed by atoms with Gasteiger partial charge >= 0.3 is 6.36 Å². The lowest BCUT2D eigenvalue weighted by molar-refractivity contribution is -0.274. The highest BCUT2D eigenvalue weighted by atomic mass is 32.2. The number of amides is 1. The maximum Gasteiger partial charge on any atom is 0.573 e. The van der Waals surface area contributed by atoms with Crippen molar-refractivity contribution in [3.8, 4) is 28.4 Å². The molecule has 0 saturated carbocycles. The third-order valence-corrected chi connectivity index (χ3v) is 6.51. The number of alkyl halides is 3. The fourth-order valence-electron chi connectivity index (χ4n) is 3.49. The number of carbonyl (C=O) groups is 1. The first-order chi connectivity index (χ1) is 15.8. The second-order valence-corrected chi connectivity index (χ2v) is 9.65. The van der Waals surface area contributed by atoms with Crippen molar-refractivity contribution in [1.29, 1.82) is 0 Å². The minimum atomic E-state index is -4.88. The van der Waals surface area contributed by atoms with Crippen molar-refractivity contribution in [1.82, 2.24) is 0 Å². The van der Waals surface area contributed by atoms with Gasteiger partial charge in [0, 0.05) is 20.2 Å². The Morgan fingerprint density at radius 2 is 1.68 bits per heavy atom. The number of fused-ring (bicyclic) bond motifs is 2. The molecule has 3 aromatic rings. The van der Waals surface area contributed by atoms with Gasteiger partial charge in [-0.15, -0.1) is 13.2 Å². The van der Waals surface area contributed by atoms with Crippen LogP contribution < -0.4 is 18.7 Å². The first-order valence-corrected chi connectivity index (χ1v) is 11.7. The molecule has 0 radical (unpaired) electrons. The third kappa shape index (κ3) is 4.65. The van der Waals surface area contributed by atoms with Crippen LogP contribution in [0.5, 0.6) is 17.2 Å². The lowest BCUT2D eigenvalue weighted by atomic mass is 10.0. The smallest absolute Gasteiger partial charge is 0.454 e. The molecule has 0 aromatic heterocycles. The van der Waals surface area contributed by atoms with E-state index in [0.29, 0.717) is 16.8 Å². The molecule has 7 nitrogen and oxygen atoms in total. The minimum Gasteiger partial charge on any atom is -0.454 e. The number of carbonyl (C=O) groups excluding carboxylic acids is 1. The molecule has 0 spiro atoms. The van der Waals surface area contributed by atoms with Crippen molar-refractivity contribution in [2.75, 3.05) is 29.6 Å². The van der Waals surface area contributed by atoms with E-state index in [9.17, 15) is 26.4 Å². The van der Waals surface area contributed by atoms with E-state index in [4.69, 9.17) is 4.74 Å². The summed E-state index contributed by atoms with van der Waals surface area (Å²) in [5, 5.41) is 0. The molecule has 0 aliphatic carbocycles. The Morgan fingerprint density at radius 3 is 2.35 bits per heavy atom. The van der Waals surface area contributed by atoms with Crippen LogP contribution in [0, 0.1) is 0 Å². The highest BCUT2D eigenvalue weighted by molar-refractivity contribution is 7.92. The van der Waals surface area contributed by atoms with E-state index in [1.807, 2.05) is 0 Å². The van der Waals surface area contributed by atoms with Crippen molar-refractivity contribution in [2.24, 2.45) is 0 Å². The van der Waals surface area contributed by atoms with Crippen LogP contribution in [-0.2, 0) is 10.0 Å². The quantitative estimate of drug-likeness (QED) is 0.511. The van der Waals surface area contributed by atoms with E-state index in [-0.39, 0.29) is 22.7 Å². The van der Waals surface area contributed by atoms with Crippen molar-refractivity contribution in [3.63, 3.8) is 0 Å². The molecule has 11 heteroatoms. The second kappa shape index (κ2) is 8.24. The van der Waals surface area contributed by atoms with E-state index >= 15 is 0 Å². The van der Waals surface area contributed by atoms with E-state index in [1.165, 1.54) is 25.1 Å². The molecule has 0 saturated heterocycles. The van der Waals surface area contributed by atoms with Gasteiger partial charge in [-0.3, -0.25) is 9.10 Å². The zero-order valence-corrected chi connectivity index (χ0v) is 19.1. The van der Waals surface area contributed by atoms with Gasteiger partial charge in [0.05, 0.1) is 23.2 Å². The molecule has 1 amide bonds. The van der Waals surface area contributed by atoms with Gasteiger partial charge in [0.15, 0.2) is 5.75 Å². The molecule has 1 heterocycles. The van der Waals surface area contributed by atoms with E-state index in [1.54, 1.807) is 42.5 Å². The monoisotopic (exact) mass is 492 g/mol. The number of nitrogens with zero attached hydrogens (tertiary/aromatic N) is 2. The number of halogens is 3. The van der Waals surface area contributed by atoms with Gasteiger partial charge in [-0.05, 0) is 47.5 Å². The molecule has 1 aliphatic heterocycles. The van der Waals surface area contributed by atoms with Gasteiger partial charge in [-0.25, -0.2) is 8.42 Å². The summed E-state index contributed by atoms with van der Waals surface area (Å²) >= 11 is 0. The SMILES string of the molecule is CN1C(=O)c2ccc(-c3cccc(N(C)S(C)(=O)=O)c3)cc2Oc2ccc(OC(F)(F)F)cc21. The van der Waals surface area contributed by atoms with Gasteiger partial charge in [0.25, 0.3) is 5.91 Å². The number of ether oxygens (including phenoxy) is 2. The topological polar surface area (TPSA) is 76.2 Å². The first kappa shape index (κ1) is 23.4. The molecule has 34 heavy (non-hydrogen) atoms. The van der Waals surface area contributed by atoms with E-state index in [2.05, 4.69) is 4.74 Å². The molecule has 4 rings (SSSR count). The largest absolute Gasteiger partial charge is 0.573 e. The highest BCUT2D eigenvalue weighted by Crippen LogP contribution is 2.42. The maximum atomic E-state index is 13.0. The standard InChI is InChI=1S/C23H19F3N2O5S/c1-27-19-13-17(33-23(24,25)26)8-10-20(19)32-21-12-15(7-9-18(21)22(27)29)14-5-4-6-16(11-14)28(2)34(3,30)31/h4-13H,1-3H3. The molecule has 0 bridgehead atoms. The van der Waals surface area contributed by atoms with Gasteiger partial charge in [-0.1, -0.05) is 18.2 Å². The molecule has 0 N–H and O–H groups in total. The molecule has 0 fully saturated rings. The molecule has 1 aliphatic rings. The van der Waals surface area contributed by atoms with Crippen LogP contribution in [0.25, 0.3) is 11.1 Å². The second-order valence-electron chi connectivity index (χ2n) is 7.64. The Morgan fingerprint density at radius 1 is 0.971 bits per heavy atom. The molecule has 178 valence electrons. The van der Waals surface area contributed by atoms with Crippen molar-refractivity contribution >= 4 is 27.3 Å². The molecular weight excluding hydrogens is 473 g/mol. The molecule has 0 unspecified atom stereocenters. The summed E-state index contributed by atoms with van der Waals surface area (Å²) in [7, 11) is -0.591. The normalized spacial score (nSPS) is 13.5. The number of hydrogen-bond acceptors (Lipinski definition) is 5. The fraction of sp³-hybridized carbons (Fsp3) is 0.174. The summed E-state index contributed by atoms with van der Waals surface area (Å²) in [6.07, 6.45) is -3.78. The number of rotatable bonds is 4. The van der Waals surface area contributed by atoms with E-state index < -0.39 is 28.0 Å². The predicted molar refractivity (Wildman–Crippen MR) is 121 cm³/mol. The molecule has 0 atom stereocenters. The lowest BCUT2D eigenvalue weighted by Gasteiger charge is -2.18. The number of hydrogen-bond donors (Lipinski definition) is 0. The summed E-state index contributed by atoms with van der Waals surface area (Å²) < 4.78 is 72.7. The Labute approximate surface area is 194 Å². The average Bonchev–Trinajstić information content (AvgIpc) is 2.86. The minimum absolute atomic E-state index is 0.112. The van der Waals surface area contributed by atoms with Crippen LogP contribution in [-0.4, -0.2) is 41.0 Å². The van der Waals surface area contributed by atoms with Crippen LogP contribution in [0.2, 0.25) is 0 Å². The van der Waals surface area contributed by atoms with Crippen LogP contribution in [0.3, 0.4) is 0 Å². The number of anilines is 2. The number of benzene rings is 3. The fourth-order valence-corrected chi connectivity index (χ4v) is 3.98. The summed E-state index contributed by atoms with van der Waals surface area (Å²) in [5.74, 6) is -0.575. The summed E-state index contributed by atoms with van der Waals surface area (Å²) in [5.41, 5.74) is 2.11. The lowest BCUT2D eigenvalue weighted by Crippen LogP contribution is -2.25. The Balaban J connectivity index is 1.74. The summed E-state index contributed by atoms with van der Waals surface area (Å²) in [4.78, 5) is 14.2. The summed E-state index contributed by atoms with van der Waals surface area (Å²) in [6, 6.07) is 15.1. The average molecular weight is 492 g/mol. The zero-order chi connectivity index (χ0) is 24.8. The highest BCUT2D eigenvalue weighted by Gasteiger charge is 2.33. The Kier molecular flexibility index (Phi) is 5.68. The van der Waals surface area contributed by atoms with Gasteiger partial charge < -0.3 is 14.4 Å². The third-order valence-electron chi connectivity index (χ3n) is 5.30. The zero-order valence-electron chi connectivity index (χ0n) is 18.3. The predicted octanol–water partition coefficient (Wildman–Crippen LogP) is 5.03. The van der Waals surface area contributed by atoms with Gasteiger partial charge in [-0.2, -0.15) is 0 Å². The van der Waals surface area contributed by atoms with E-state index in [0.717, 1.165) is 22.7 Å². The van der Waals surface area contributed by atoms with Crippen LogP contribution in [0.15, 0.2) is 60.7 Å². The Hall–Kier alpha value is -3.73. The first-order valence-electron chi connectivity index (χ1n) is 9.87. The van der Waals surface area contributed by atoms with Crippen molar-refractivity contribution < 1.29 is 35.9 Å². The van der Waals surface area contributed by atoms with Crippen LogP contribution in [0.1, 0.15) is 10.4 Å². The van der Waals surface area contributed by atoms with Crippen LogP contribution >= 0.6 is 0 Å². The summed E-state index contributed by atoms with van der Waals surface area (Å²) in [6.45, 7) is 0. The molecular formula is C23H19F3N2O5S. The van der Waals surface area contributed by atoms with Crippen molar-refractivity contribution in [3.05, 3.63) is 66.2 Å². The Bertz CT molecular complexity index is 1390. The molecule has 3 aromatic carbocycles.